The lowest BCUT2D eigenvalue weighted by molar-refractivity contribution is 0.566. The van der Waals surface area contributed by atoms with Crippen LogP contribution >= 0.6 is 11.6 Å². The number of aromatic nitrogens is 1. The van der Waals surface area contributed by atoms with E-state index < -0.39 is 5.95 Å². The van der Waals surface area contributed by atoms with Gasteiger partial charge in [-0.2, -0.15) is 4.39 Å². The lowest BCUT2D eigenvalue weighted by Crippen LogP contribution is -2.22. The Bertz CT molecular complexity index is 381. The van der Waals surface area contributed by atoms with Gasteiger partial charge in [0.05, 0.1) is 0 Å². The maximum Gasteiger partial charge on any atom is 0.231 e. The molecule has 80 valence electrons. The van der Waals surface area contributed by atoms with Gasteiger partial charge in [0.25, 0.3) is 0 Å². The quantitative estimate of drug-likeness (QED) is 0.620. The first-order chi connectivity index (χ1) is 7.22. The molecule has 0 spiro atoms. The third-order valence-corrected chi connectivity index (χ3v) is 3.09. The minimum Gasteiger partial charge on any atom is -0.304 e. The summed E-state index contributed by atoms with van der Waals surface area (Å²) in [5.74, 6) is -0.599. The van der Waals surface area contributed by atoms with Crippen molar-refractivity contribution in [2.75, 3.05) is 0 Å². The van der Waals surface area contributed by atoms with Crippen LogP contribution in [0.5, 0.6) is 0 Å². The zero-order valence-corrected chi connectivity index (χ0v) is 8.97. The van der Waals surface area contributed by atoms with Crippen molar-refractivity contribution < 1.29 is 4.39 Å². The summed E-state index contributed by atoms with van der Waals surface area (Å²) in [6.45, 7) is 3.73. The Morgan fingerprint density at radius 1 is 1.60 bits per heavy atom. The third kappa shape index (κ3) is 2.03. The van der Waals surface area contributed by atoms with Gasteiger partial charge in [0.2, 0.25) is 5.95 Å². The van der Waals surface area contributed by atoms with Gasteiger partial charge in [-0.1, -0.05) is 17.7 Å². The van der Waals surface area contributed by atoms with Gasteiger partial charge >= 0.3 is 0 Å². The number of rotatable bonds is 2. The number of nitrogens with one attached hydrogen (secondary N) is 1. The summed E-state index contributed by atoms with van der Waals surface area (Å²) < 4.78 is 13.1. The molecular formula is C11H12ClFN2. The van der Waals surface area contributed by atoms with Crippen LogP contribution in [0.15, 0.2) is 24.9 Å². The highest BCUT2D eigenvalue weighted by molar-refractivity contribution is 6.31. The van der Waals surface area contributed by atoms with E-state index in [0.29, 0.717) is 6.04 Å². The molecule has 0 radical (unpaired) electrons. The summed E-state index contributed by atoms with van der Waals surface area (Å²) in [5, 5.41) is 3.45. The van der Waals surface area contributed by atoms with E-state index in [2.05, 4.69) is 16.9 Å². The summed E-state index contributed by atoms with van der Waals surface area (Å²) in [5.41, 5.74) is 0.786. The molecule has 1 fully saturated rings. The van der Waals surface area contributed by atoms with Crippen molar-refractivity contribution in [2.45, 2.75) is 24.9 Å². The Morgan fingerprint density at radius 2 is 2.40 bits per heavy atom. The van der Waals surface area contributed by atoms with Crippen LogP contribution in [0.2, 0.25) is 5.02 Å². The molecule has 0 aliphatic carbocycles. The van der Waals surface area contributed by atoms with Crippen molar-refractivity contribution in [1.29, 1.82) is 0 Å². The van der Waals surface area contributed by atoms with E-state index in [1.54, 1.807) is 6.07 Å². The Balaban J connectivity index is 2.24. The predicted octanol–water partition coefficient (Wildman–Crippen LogP) is 2.85. The van der Waals surface area contributed by atoms with Gasteiger partial charge in [-0.15, -0.1) is 6.58 Å². The van der Waals surface area contributed by atoms with E-state index in [0.717, 1.165) is 18.4 Å². The smallest absolute Gasteiger partial charge is 0.231 e. The van der Waals surface area contributed by atoms with Crippen LogP contribution < -0.4 is 5.32 Å². The van der Waals surface area contributed by atoms with Crippen LogP contribution in [0.4, 0.5) is 4.39 Å². The van der Waals surface area contributed by atoms with Crippen molar-refractivity contribution in [3.63, 3.8) is 0 Å². The molecule has 2 nitrogen and oxygen atoms in total. The van der Waals surface area contributed by atoms with Crippen LogP contribution in [0.1, 0.15) is 24.4 Å². The van der Waals surface area contributed by atoms with Gasteiger partial charge < -0.3 is 5.32 Å². The van der Waals surface area contributed by atoms with Crippen LogP contribution in [-0.2, 0) is 0 Å². The first-order valence-electron chi connectivity index (χ1n) is 4.91. The Kier molecular flexibility index (Phi) is 3.03. The molecule has 0 saturated carbocycles. The van der Waals surface area contributed by atoms with Gasteiger partial charge in [-0.05, 0) is 24.5 Å². The fourth-order valence-electron chi connectivity index (χ4n) is 1.90. The van der Waals surface area contributed by atoms with Crippen LogP contribution in [-0.4, -0.2) is 11.0 Å². The molecule has 1 aromatic rings. The zero-order chi connectivity index (χ0) is 10.8. The highest BCUT2D eigenvalue weighted by atomic mass is 35.5. The minimum atomic E-state index is -0.599. The largest absolute Gasteiger partial charge is 0.304 e. The SMILES string of the molecule is C=C[C@@H]1CC[C@H](c2ccnc(F)c2Cl)N1. The van der Waals surface area contributed by atoms with Crippen LogP contribution in [0.3, 0.4) is 0 Å². The molecule has 4 heteroatoms. The fourth-order valence-corrected chi connectivity index (χ4v) is 2.15. The van der Waals surface area contributed by atoms with Crippen LogP contribution in [0.25, 0.3) is 0 Å². The minimum absolute atomic E-state index is 0.109. The molecule has 1 aliphatic rings. The van der Waals surface area contributed by atoms with Crippen molar-refractivity contribution in [3.8, 4) is 0 Å². The van der Waals surface area contributed by atoms with E-state index in [4.69, 9.17) is 11.6 Å². The topological polar surface area (TPSA) is 24.9 Å². The fraction of sp³-hybridized carbons (Fsp3) is 0.364. The standard InChI is InChI=1S/C11H12ClFN2/c1-2-7-3-4-9(15-7)8-5-6-14-11(13)10(8)12/h2,5-7,9,15H,1,3-4H2/t7-,9-/m1/s1. The van der Waals surface area contributed by atoms with Crippen molar-refractivity contribution in [1.82, 2.24) is 10.3 Å². The molecule has 15 heavy (non-hydrogen) atoms. The Labute approximate surface area is 93.2 Å². The number of halogens is 2. The normalized spacial score (nSPS) is 25.5. The number of nitrogens with zero attached hydrogens (tertiary/aromatic N) is 1. The maximum atomic E-state index is 13.1. The molecule has 0 aromatic carbocycles. The van der Waals surface area contributed by atoms with Gasteiger partial charge in [-0.3, -0.25) is 0 Å². The van der Waals surface area contributed by atoms with Gasteiger partial charge in [0, 0.05) is 18.3 Å². The summed E-state index contributed by atoms with van der Waals surface area (Å²) in [6, 6.07) is 2.16. The molecule has 0 unspecified atom stereocenters. The van der Waals surface area contributed by atoms with Crippen LogP contribution in [0, 0.1) is 5.95 Å². The Hall–Kier alpha value is -0.930. The first-order valence-corrected chi connectivity index (χ1v) is 5.28. The third-order valence-electron chi connectivity index (χ3n) is 2.72. The van der Waals surface area contributed by atoms with Crippen molar-refractivity contribution >= 4 is 11.6 Å². The Morgan fingerprint density at radius 3 is 3.07 bits per heavy atom. The average molecular weight is 227 g/mol. The van der Waals surface area contributed by atoms with Gasteiger partial charge in [0.15, 0.2) is 0 Å². The lowest BCUT2D eigenvalue weighted by atomic mass is 10.1. The second-order valence-corrected chi connectivity index (χ2v) is 4.02. The highest BCUT2D eigenvalue weighted by Crippen LogP contribution is 2.31. The second-order valence-electron chi connectivity index (χ2n) is 3.64. The van der Waals surface area contributed by atoms with E-state index in [1.807, 2.05) is 6.08 Å². The van der Waals surface area contributed by atoms with Gasteiger partial charge in [0.1, 0.15) is 5.02 Å². The first kappa shape index (κ1) is 10.6. The zero-order valence-electron chi connectivity index (χ0n) is 8.21. The van der Waals surface area contributed by atoms with Crippen molar-refractivity contribution in [2.24, 2.45) is 0 Å². The average Bonchev–Trinajstić information content (AvgIpc) is 2.70. The summed E-state index contributed by atoms with van der Waals surface area (Å²) in [6.07, 6.45) is 5.26. The molecule has 1 saturated heterocycles. The van der Waals surface area contributed by atoms with E-state index >= 15 is 0 Å². The molecular weight excluding hydrogens is 215 g/mol. The molecule has 1 aromatic heterocycles. The molecule has 2 atom stereocenters. The lowest BCUT2D eigenvalue weighted by Gasteiger charge is -2.13. The monoisotopic (exact) mass is 226 g/mol. The molecule has 1 aliphatic heterocycles. The number of hydrogen-bond donors (Lipinski definition) is 1. The highest BCUT2D eigenvalue weighted by Gasteiger charge is 2.25. The number of hydrogen-bond acceptors (Lipinski definition) is 2. The second kappa shape index (κ2) is 4.29. The number of pyridine rings is 1. The van der Waals surface area contributed by atoms with Crippen molar-refractivity contribution in [3.05, 3.63) is 41.5 Å². The summed E-state index contributed by atoms with van der Waals surface area (Å²) in [7, 11) is 0. The molecule has 0 bridgehead atoms. The van der Waals surface area contributed by atoms with E-state index in [9.17, 15) is 4.39 Å². The summed E-state index contributed by atoms with van der Waals surface area (Å²) in [4.78, 5) is 3.50. The van der Waals surface area contributed by atoms with E-state index in [-0.39, 0.29) is 11.1 Å². The van der Waals surface area contributed by atoms with E-state index in [1.165, 1.54) is 6.20 Å². The molecule has 1 N–H and O–H groups in total. The van der Waals surface area contributed by atoms with Gasteiger partial charge in [-0.25, -0.2) is 4.98 Å². The summed E-state index contributed by atoms with van der Waals surface area (Å²) >= 11 is 5.86. The molecule has 2 rings (SSSR count). The molecule has 2 heterocycles. The maximum absolute atomic E-state index is 13.1. The predicted molar refractivity (Wildman–Crippen MR) is 58.3 cm³/mol. The molecule has 0 amide bonds.